The standard InChI is InChI=1S/C22H30N2O2.ClH/c1-25-19-11-7-17(8-12-19)15-23-21-5-3-4-6-22(21)24-16-18-9-13-20(26-2)14-10-18;/h7-14,21-24H,3-6,15-16H2,1-2H3;1H. The molecule has 2 aromatic rings. The zero-order valence-corrected chi connectivity index (χ0v) is 17.1. The first-order chi connectivity index (χ1) is 12.8. The molecule has 2 unspecified atom stereocenters. The molecule has 3 rings (SSSR count). The van der Waals surface area contributed by atoms with Gasteiger partial charge in [0.2, 0.25) is 0 Å². The van der Waals surface area contributed by atoms with Gasteiger partial charge in [0.05, 0.1) is 14.2 Å². The third-order valence-corrected chi connectivity index (χ3v) is 5.22. The van der Waals surface area contributed by atoms with Crippen LogP contribution in [0.4, 0.5) is 0 Å². The van der Waals surface area contributed by atoms with Crippen molar-refractivity contribution in [1.82, 2.24) is 10.6 Å². The molecule has 0 aromatic heterocycles. The molecule has 0 spiro atoms. The molecule has 0 bridgehead atoms. The van der Waals surface area contributed by atoms with Gasteiger partial charge >= 0.3 is 0 Å². The Kier molecular flexibility index (Phi) is 8.92. The number of ether oxygens (including phenoxy) is 2. The Morgan fingerprint density at radius 1 is 0.704 bits per heavy atom. The first-order valence-corrected chi connectivity index (χ1v) is 9.51. The van der Waals surface area contributed by atoms with E-state index in [0.29, 0.717) is 12.1 Å². The summed E-state index contributed by atoms with van der Waals surface area (Å²) in [5, 5.41) is 7.51. The van der Waals surface area contributed by atoms with Gasteiger partial charge in [0, 0.05) is 25.2 Å². The summed E-state index contributed by atoms with van der Waals surface area (Å²) in [5.74, 6) is 1.82. The molecular weight excluding hydrogens is 360 g/mol. The Hall–Kier alpha value is -1.75. The fraction of sp³-hybridized carbons (Fsp3) is 0.455. The second-order valence-electron chi connectivity index (χ2n) is 6.96. The molecule has 2 aromatic carbocycles. The lowest BCUT2D eigenvalue weighted by Crippen LogP contribution is -2.49. The number of rotatable bonds is 8. The van der Waals surface area contributed by atoms with Crippen molar-refractivity contribution >= 4 is 12.4 Å². The summed E-state index contributed by atoms with van der Waals surface area (Å²) in [6.07, 6.45) is 5.08. The molecule has 0 aliphatic heterocycles. The van der Waals surface area contributed by atoms with E-state index in [1.807, 2.05) is 24.3 Å². The van der Waals surface area contributed by atoms with Crippen molar-refractivity contribution in [2.75, 3.05) is 14.2 Å². The van der Waals surface area contributed by atoms with Gasteiger partial charge in [0.1, 0.15) is 11.5 Å². The Bertz CT molecular complexity index is 602. The Morgan fingerprint density at radius 2 is 1.07 bits per heavy atom. The highest BCUT2D eigenvalue weighted by Crippen LogP contribution is 2.20. The van der Waals surface area contributed by atoms with Gasteiger partial charge in [-0.25, -0.2) is 0 Å². The first-order valence-electron chi connectivity index (χ1n) is 9.51. The van der Waals surface area contributed by atoms with Crippen molar-refractivity contribution in [3.05, 3.63) is 59.7 Å². The third-order valence-electron chi connectivity index (χ3n) is 5.22. The minimum atomic E-state index is 0. The highest BCUT2D eigenvalue weighted by atomic mass is 35.5. The van der Waals surface area contributed by atoms with Crippen LogP contribution in [-0.4, -0.2) is 26.3 Å². The van der Waals surface area contributed by atoms with Gasteiger partial charge in [-0.2, -0.15) is 0 Å². The van der Waals surface area contributed by atoms with Crippen molar-refractivity contribution < 1.29 is 9.47 Å². The van der Waals surface area contributed by atoms with Crippen molar-refractivity contribution in [2.24, 2.45) is 0 Å². The van der Waals surface area contributed by atoms with Crippen molar-refractivity contribution in [1.29, 1.82) is 0 Å². The smallest absolute Gasteiger partial charge is 0.118 e. The molecule has 1 saturated carbocycles. The van der Waals surface area contributed by atoms with Crippen LogP contribution >= 0.6 is 12.4 Å². The van der Waals surface area contributed by atoms with E-state index in [4.69, 9.17) is 9.47 Å². The molecule has 0 saturated heterocycles. The molecular formula is C22H31ClN2O2. The Morgan fingerprint density at radius 3 is 1.41 bits per heavy atom. The summed E-state index contributed by atoms with van der Waals surface area (Å²) < 4.78 is 10.5. The van der Waals surface area contributed by atoms with E-state index < -0.39 is 0 Å². The molecule has 1 fully saturated rings. The third kappa shape index (κ3) is 6.42. The van der Waals surface area contributed by atoms with Crippen LogP contribution in [0.1, 0.15) is 36.8 Å². The van der Waals surface area contributed by atoms with Crippen LogP contribution in [0.3, 0.4) is 0 Å². The minimum Gasteiger partial charge on any atom is -0.497 e. The number of benzene rings is 2. The molecule has 0 radical (unpaired) electrons. The Balaban J connectivity index is 0.00000261. The van der Waals surface area contributed by atoms with Crippen LogP contribution in [0.25, 0.3) is 0 Å². The van der Waals surface area contributed by atoms with E-state index >= 15 is 0 Å². The maximum Gasteiger partial charge on any atom is 0.118 e. The number of halogens is 1. The van der Waals surface area contributed by atoms with Gasteiger partial charge in [-0.15, -0.1) is 12.4 Å². The fourth-order valence-electron chi connectivity index (χ4n) is 3.60. The van der Waals surface area contributed by atoms with Gasteiger partial charge < -0.3 is 20.1 Å². The average molecular weight is 391 g/mol. The largest absolute Gasteiger partial charge is 0.497 e. The van der Waals surface area contributed by atoms with Crippen molar-refractivity contribution in [2.45, 2.75) is 50.9 Å². The SMILES string of the molecule is COc1ccc(CNC2CCCCC2NCc2ccc(OC)cc2)cc1.Cl. The van der Waals surface area contributed by atoms with Gasteiger partial charge in [-0.3, -0.25) is 0 Å². The summed E-state index contributed by atoms with van der Waals surface area (Å²) in [7, 11) is 3.41. The minimum absolute atomic E-state index is 0. The molecule has 2 atom stereocenters. The average Bonchev–Trinajstić information content (AvgIpc) is 2.72. The van der Waals surface area contributed by atoms with Crippen molar-refractivity contribution in [3.63, 3.8) is 0 Å². The van der Waals surface area contributed by atoms with Gasteiger partial charge in [-0.05, 0) is 48.2 Å². The Labute approximate surface area is 169 Å². The van der Waals surface area contributed by atoms with Crippen LogP contribution in [0.5, 0.6) is 11.5 Å². The molecule has 4 nitrogen and oxygen atoms in total. The molecule has 5 heteroatoms. The van der Waals surface area contributed by atoms with E-state index in [0.717, 1.165) is 24.6 Å². The number of hydrogen-bond acceptors (Lipinski definition) is 4. The summed E-state index contributed by atoms with van der Waals surface area (Å²) in [6.45, 7) is 1.80. The van der Waals surface area contributed by atoms with Gasteiger partial charge in [0.25, 0.3) is 0 Å². The summed E-state index contributed by atoms with van der Waals surface area (Å²) in [6, 6.07) is 17.7. The van der Waals surface area contributed by atoms with Crippen LogP contribution in [-0.2, 0) is 13.1 Å². The molecule has 0 amide bonds. The van der Waals surface area contributed by atoms with Gasteiger partial charge in [-0.1, -0.05) is 37.1 Å². The van der Waals surface area contributed by atoms with E-state index in [1.165, 1.54) is 36.8 Å². The van der Waals surface area contributed by atoms with Crippen molar-refractivity contribution in [3.8, 4) is 11.5 Å². The summed E-state index contributed by atoms with van der Waals surface area (Å²) >= 11 is 0. The van der Waals surface area contributed by atoms with E-state index in [-0.39, 0.29) is 12.4 Å². The van der Waals surface area contributed by atoms with Crippen LogP contribution in [0.2, 0.25) is 0 Å². The molecule has 1 aliphatic carbocycles. The highest BCUT2D eigenvalue weighted by Gasteiger charge is 2.24. The van der Waals surface area contributed by atoms with E-state index in [2.05, 4.69) is 34.9 Å². The van der Waals surface area contributed by atoms with Crippen LogP contribution < -0.4 is 20.1 Å². The van der Waals surface area contributed by atoms with Crippen LogP contribution in [0.15, 0.2) is 48.5 Å². The molecule has 0 heterocycles. The second-order valence-corrected chi connectivity index (χ2v) is 6.96. The number of hydrogen-bond donors (Lipinski definition) is 2. The number of methoxy groups -OCH3 is 2. The highest BCUT2D eigenvalue weighted by molar-refractivity contribution is 5.85. The predicted octanol–water partition coefficient (Wildman–Crippen LogP) is 4.32. The van der Waals surface area contributed by atoms with E-state index in [9.17, 15) is 0 Å². The quantitative estimate of drug-likeness (QED) is 0.704. The zero-order valence-electron chi connectivity index (χ0n) is 16.2. The topological polar surface area (TPSA) is 42.5 Å². The molecule has 2 N–H and O–H groups in total. The summed E-state index contributed by atoms with van der Waals surface area (Å²) in [5.41, 5.74) is 2.59. The normalized spacial score (nSPS) is 19.2. The lowest BCUT2D eigenvalue weighted by Gasteiger charge is -2.33. The zero-order chi connectivity index (χ0) is 18.2. The lowest BCUT2D eigenvalue weighted by molar-refractivity contribution is 0.281. The predicted molar refractivity (Wildman–Crippen MR) is 113 cm³/mol. The van der Waals surface area contributed by atoms with E-state index in [1.54, 1.807) is 14.2 Å². The lowest BCUT2D eigenvalue weighted by atomic mass is 9.90. The first kappa shape index (κ1) is 21.5. The molecule has 148 valence electrons. The van der Waals surface area contributed by atoms with Crippen LogP contribution in [0, 0.1) is 0 Å². The maximum absolute atomic E-state index is 5.23. The monoisotopic (exact) mass is 390 g/mol. The molecule has 1 aliphatic rings. The number of nitrogens with one attached hydrogen (secondary N) is 2. The molecule has 27 heavy (non-hydrogen) atoms. The summed E-state index contributed by atoms with van der Waals surface area (Å²) in [4.78, 5) is 0. The van der Waals surface area contributed by atoms with Gasteiger partial charge in [0.15, 0.2) is 0 Å². The fourth-order valence-corrected chi connectivity index (χ4v) is 3.60. The maximum atomic E-state index is 5.23. The second kappa shape index (κ2) is 11.2.